The minimum absolute atomic E-state index is 0.135. The molecule has 0 aliphatic carbocycles. The largest absolute Gasteiger partial charge is 0.491 e. The van der Waals surface area contributed by atoms with Crippen molar-refractivity contribution in [2.45, 2.75) is 25.9 Å². The highest BCUT2D eigenvalue weighted by Gasteiger charge is 2.23. The van der Waals surface area contributed by atoms with E-state index >= 15 is 0 Å². The number of aryl methyl sites for hydroxylation is 1. The summed E-state index contributed by atoms with van der Waals surface area (Å²) in [4.78, 5) is 25.9. The van der Waals surface area contributed by atoms with E-state index in [0.29, 0.717) is 28.5 Å². The number of carbonyl (C=O) groups is 2. The quantitative estimate of drug-likeness (QED) is 0.565. The van der Waals surface area contributed by atoms with E-state index in [9.17, 15) is 9.59 Å². The summed E-state index contributed by atoms with van der Waals surface area (Å²) in [5.41, 5.74) is 8.12. The van der Waals surface area contributed by atoms with E-state index < -0.39 is 5.91 Å². The summed E-state index contributed by atoms with van der Waals surface area (Å²) < 4.78 is 11.3. The molecule has 1 unspecified atom stereocenters. The molecule has 0 saturated carbocycles. The second-order valence-electron chi connectivity index (χ2n) is 7.39. The number of hydrogen-bond acceptors (Lipinski definition) is 5. The molecular weight excluding hydrogens is 412 g/mol. The van der Waals surface area contributed by atoms with Crippen LogP contribution in [0.3, 0.4) is 0 Å². The van der Waals surface area contributed by atoms with Gasteiger partial charge in [-0.25, -0.2) is 0 Å². The molecule has 1 fully saturated rings. The Kier molecular flexibility index (Phi) is 6.34. The van der Waals surface area contributed by atoms with Crippen molar-refractivity contribution in [3.63, 3.8) is 0 Å². The van der Waals surface area contributed by atoms with E-state index in [1.807, 2.05) is 37.3 Å². The molecule has 4 rings (SSSR count). The zero-order chi connectivity index (χ0) is 21.8. The molecule has 2 heterocycles. The van der Waals surface area contributed by atoms with Gasteiger partial charge in [0.2, 0.25) is 0 Å². The lowest BCUT2D eigenvalue weighted by atomic mass is 10.0. The smallest absolute Gasteiger partial charge is 0.256 e. The number of thiophene rings is 1. The number of amides is 2. The molecule has 160 valence electrons. The highest BCUT2D eigenvalue weighted by Crippen LogP contribution is 2.39. The number of nitrogens with two attached hydrogens (primary N) is 1. The van der Waals surface area contributed by atoms with Gasteiger partial charge in [-0.15, -0.1) is 11.3 Å². The number of rotatable bonds is 7. The van der Waals surface area contributed by atoms with Crippen molar-refractivity contribution in [2.24, 2.45) is 5.73 Å². The summed E-state index contributed by atoms with van der Waals surface area (Å²) in [5.74, 6) is -0.200. The Morgan fingerprint density at radius 3 is 2.55 bits per heavy atom. The first-order valence-corrected chi connectivity index (χ1v) is 11.0. The highest BCUT2D eigenvalue weighted by atomic mass is 32.1. The van der Waals surface area contributed by atoms with Gasteiger partial charge < -0.3 is 20.5 Å². The summed E-state index contributed by atoms with van der Waals surface area (Å²) in [6.45, 7) is 3.20. The fourth-order valence-electron chi connectivity index (χ4n) is 3.66. The van der Waals surface area contributed by atoms with Crippen molar-refractivity contribution >= 4 is 28.2 Å². The summed E-state index contributed by atoms with van der Waals surface area (Å²) >= 11 is 1.34. The maximum Gasteiger partial charge on any atom is 0.256 e. The Balaban J connectivity index is 1.50. The third-order valence-electron chi connectivity index (χ3n) is 5.20. The van der Waals surface area contributed by atoms with Crippen LogP contribution in [0.15, 0.2) is 54.6 Å². The normalized spacial score (nSPS) is 15.6. The molecule has 2 aromatic carbocycles. The van der Waals surface area contributed by atoms with Crippen LogP contribution in [-0.2, 0) is 4.74 Å². The number of nitrogens with one attached hydrogen (secondary N) is 1. The van der Waals surface area contributed by atoms with Crippen molar-refractivity contribution in [2.75, 3.05) is 18.5 Å². The van der Waals surface area contributed by atoms with E-state index in [4.69, 9.17) is 15.2 Å². The third kappa shape index (κ3) is 4.78. The summed E-state index contributed by atoms with van der Waals surface area (Å²) in [7, 11) is 0. The van der Waals surface area contributed by atoms with Gasteiger partial charge in [-0.3, -0.25) is 9.59 Å². The lowest BCUT2D eigenvalue weighted by Crippen LogP contribution is -2.17. The second-order valence-corrected chi connectivity index (χ2v) is 8.62. The summed E-state index contributed by atoms with van der Waals surface area (Å²) in [5, 5.41) is 3.30. The molecule has 6 nitrogen and oxygen atoms in total. The lowest BCUT2D eigenvalue weighted by molar-refractivity contribution is 0.0679. The van der Waals surface area contributed by atoms with Gasteiger partial charge >= 0.3 is 0 Å². The summed E-state index contributed by atoms with van der Waals surface area (Å²) in [6, 6.07) is 16.5. The van der Waals surface area contributed by atoms with Crippen molar-refractivity contribution in [3.8, 4) is 16.9 Å². The lowest BCUT2D eigenvalue weighted by Gasteiger charge is -2.12. The van der Waals surface area contributed by atoms with E-state index in [0.717, 1.165) is 35.5 Å². The van der Waals surface area contributed by atoms with Crippen LogP contribution in [0.5, 0.6) is 5.75 Å². The Hall–Kier alpha value is -3.16. The first-order chi connectivity index (χ1) is 15.0. The zero-order valence-corrected chi connectivity index (χ0v) is 18.0. The number of carbonyl (C=O) groups excluding carboxylic acids is 2. The fraction of sp³-hybridized carbons (Fsp3) is 0.250. The van der Waals surface area contributed by atoms with Gasteiger partial charge in [0, 0.05) is 22.6 Å². The standard InChI is InChI=1S/C24H24N2O4S/c1-15-20(16-6-3-2-4-7-16)21(22(25)27)24(31-15)26-23(28)17-9-11-18(12-10-17)30-14-19-8-5-13-29-19/h2-4,6-7,9-12,19H,5,8,13-14H2,1H3,(H2,25,27)(H,26,28). The molecule has 0 radical (unpaired) electrons. The molecule has 0 bridgehead atoms. The second kappa shape index (κ2) is 9.32. The van der Waals surface area contributed by atoms with Gasteiger partial charge in [0.1, 0.15) is 17.4 Å². The Bertz CT molecular complexity index is 1070. The van der Waals surface area contributed by atoms with Crippen LogP contribution < -0.4 is 15.8 Å². The van der Waals surface area contributed by atoms with Crippen LogP contribution in [0.2, 0.25) is 0 Å². The number of primary amides is 1. The van der Waals surface area contributed by atoms with Crippen molar-refractivity contribution in [1.82, 2.24) is 0 Å². The molecule has 1 atom stereocenters. The van der Waals surface area contributed by atoms with Gasteiger partial charge in [0.15, 0.2) is 0 Å². The maximum absolute atomic E-state index is 12.8. The molecule has 1 aliphatic rings. The molecule has 3 aromatic rings. The molecule has 1 saturated heterocycles. The van der Waals surface area contributed by atoms with Crippen molar-refractivity contribution in [3.05, 3.63) is 70.6 Å². The molecule has 0 spiro atoms. The molecule has 1 aromatic heterocycles. The summed E-state index contributed by atoms with van der Waals surface area (Å²) in [6.07, 6.45) is 2.21. The number of anilines is 1. The molecule has 31 heavy (non-hydrogen) atoms. The first kappa shape index (κ1) is 21.1. The van der Waals surface area contributed by atoms with Crippen LogP contribution in [-0.4, -0.2) is 31.1 Å². The first-order valence-electron chi connectivity index (χ1n) is 10.2. The van der Waals surface area contributed by atoms with Gasteiger partial charge in [-0.2, -0.15) is 0 Å². The van der Waals surface area contributed by atoms with Gasteiger partial charge in [-0.05, 0) is 49.6 Å². The number of hydrogen-bond donors (Lipinski definition) is 2. The van der Waals surface area contributed by atoms with Crippen LogP contribution in [0.25, 0.3) is 11.1 Å². The van der Waals surface area contributed by atoms with E-state index in [-0.39, 0.29) is 12.0 Å². The average molecular weight is 437 g/mol. The molecule has 7 heteroatoms. The van der Waals surface area contributed by atoms with Crippen LogP contribution in [0, 0.1) is 6.92 Å². The maximum atomic E-state index is 12.8. The number of benzene rings is 2. The number of ether oxygens (including phenoxy) is 2. The van der Waals surface area contributed by atoms with Crippen LogP contribution >= 0.6 is 11.3 Å². The van der Waals surface area contributed by atoms with E-state index in [1.165, 1.54) is 11.3 Å². The van der Waals surface area contributed by atoms with Crippen molar-refractivity contribution in [1.29, 1.82) is 0 Å². The van der Waals surface area contributed by atoms with Gasteiger partial charge in [-0.1, -0.05) is 30.3 Å². The van der Waals surface area contributed by atoms with Gasteiger partial charge in [0.25, 0.3) is 11.8 Å². The van der Waals surface area contributed by atoms with Crippen LogP contribution in [0.4, 0.5) is 5.00 Å². The Morgan fingerprint density at radius 2 is 1.90 bits per heavy atom. The fourth-order valence-corrected chi connectivity index (χ4v) is 4.74. The van der Waals surface area contributed by atoms with Crippen LogP contribution in [0.1, 0.15) is 38.4 Å². The molecule has 3 N–H and O–H groups in total. The minimum atomic E-state index is -0.573. The molecule has 1 aliphatic heterocycles. The third-order valence-corrected chi connectivity index (χ3v) is 6.22. The van der Waals surface area contributed by atoms with Crippen molar-refractivity contribution < 1.29 is 19.1 Å². The predicted octanol–water partition coefficient (Wildman–Crippen LogP) is 4.63. The van der Waals surface area contributed by atoms with E-state index in [2.05, 4.69) is 5.32 Å². The zero-order valence-electron chi connectivity index (χ0n) is 17.2. The average Bonchev–Trinajstić information content (AvgIpc) is 3.40. The molecular formula is C24H24N2O4S. The minimum Gasteiger partial charge on any atom is -0.491 e. The Morgan fingerprint density at radius 1 is 1.16 bits per heavy atom. The Labute approximate surface area is 185 Å². The monoisotopic (exact) mass is 436 g/mol. The predicted molar refractivity (Wildman–Crippen MR) is 122 cm³/mol. The highest BCUT2D eigenvalue weighted by molar-refractivity contribution is 7.17. The van der Waals surface area contributed by atoms with Gasteiger partial charge in [0.05, 0.1) is 11.7 Å². The SMILES string of the molecule is Cc1sc(NC(=O)c2ccc(OCC3CCCO3)cc2)c(C(N)=O)c1-c1ccccc1. The van der Waals surface area contributed by atoms with E-state index in [1.54, 1.807) is 24.3 Å². The topological polar surface area (TPSA) is 90.7 Å². The molecule has 2 amide bonds.